The van der Waals surface area contributed by atoms with Crippen LogP contribution < -0.4 is 10.6 Å². The molecule has 0 aliphatic rings. The number of carbonyl (C=O) groups excluding carboxylic acids is 3. The Hall–Kier alpha value is -3.52. The summed E-state index contributed by atoms with van der Waals surface area (Å²) in [4.78, 5) is 38.3. The van der Waals surface area contributed by atoms with Crippen LogP contribution >= 0.6 is 11.3 Å². The van der Waals surface area contributed by atoms with Crippen LogP contribution in [-0.4, -0.2) is 24.9 Å². The molecule has 0 aliphatic heterocycles. The van der Waals surface area contributed by atoms with Crippen molar-refractivity contribution >= 4 is 34.8 Å². The van der Waals surface area contributed by atoms with Gasteiger partial charge in [0.1, 0.15) is 5.82 Å². The molecule has 0 saturated heterocycles. The number of benzene rings is 2. The Labute approximate surface area is 176 Å². The van der Waals surface area contributed by atoms with E-state index in [9.17, 15) is 18.8 Å². The van der Waals surface area contributed by atoms with Gasteiger partial charge in [0.05, 0.1) is 23.1 Å². The second-order valence-corrected chi connectivity index (χ2v) is 7.73. The van der Waals surface area contributed by atoms with Crippen LogP contribution in [0.25, 0.3) is 0 Å². The molecule has 0 unspecified atom stereocenters. The van der Waals surface area contributed by atoms with Gasteiger partial charge in [-0.3, -0.25) is 9.59 Å². The van der Waals surface area contributed by atoms with Crippen molar-refractivity contribution < 1.29 is 23.5 Å². The van der Waals surface area contributed by atoms with Crippen LogP contribution in [0.2, 0.25) is 0 Å². The van der Waals surface area contributed by atoms with Crippen molar-refractivity contribution in [1.29, 1.82) is 0 Å². The lowest BCUT2D eigenvalue weighted by Gasteiger charge is -2.11. The molecule has 0 atom stereocenters. The highest BCUT2D eigenvalue weighted by atomic mass is 32.1. The minimum absolute atomic E-state index is 0.121. The van der Waals surface area contributed by atoms with Crippen LogP contribution in [0.5, 0.6) is 0 Å². The van der Waals surface area contributed by atoms with Gasteiger partial charge in [0.2, 0.25) is 0 Å². The van der Waals surface area contributed by atoms with Crippen molar-refractivity contribution in [3.05, 3.63) is 86.9 Å². The Morgan fingerprint density at radius 3 is 2.47 bits per heavy atom. The molecule has 0 radical (unpaired) electrons. The van der Waals surface area contributed by atoms with Crippen LogP contribution in [0.4, 0.5) is 10.1 Å². The lowest BCUT2D eigenvalue weighted by atomic mass is 10.1. The normalized spacial score (nSPS) is 10.4. The van der Waals surface area contributed by atoms with Crippen molar-refractivity contribution in [3.8, 4) is 0 Å². The molecule has 3 aromatic rings. The van der Waals surface area contributed by atoms with Gasteiger partial charge in [0.25, 0.3) is 11.8 Å². The van der Waals surface area contributed by atoms with Gasteiger partial charge in [-0.25, -0.2) is 9.18 Å². The van der Waals surface area contributed by atoms with Crippen molar-refractivity contribution in [2.45, 2.75) is 13.5 Å². The summed E-state index contributed by atoms with van der Waals surface area (Å²) in [6.45, 7) is 2.04. The maximum atomic E-state index is 13.9. The first-order chi connectivity index (χ1) is 14.4. The number of carbonyl (C=O) groups is 3. The average molecular weight is 426 g/mol. The zero-order chi connectivity index (χ0) is 21.7. The molecule has 1 aromatic heterocycles. The third-order valence-corrected chi connectivity index (χ3v) is 5.21. The molecule has 6 nitrogen and oxygen atoms in total. The lowest BCUT2D eigenvalue weighted by Crippen LogP contribution is -2.22. The number of thiophene rings is 1. The van der Waals surface area contributed by atoms with Crippen LogP contribution in [0, 0.1) is 12.7 Å². The number of rotatable bonds is 6. The highest BCUT2D eigenvalue weighted by molar-refractivity contribution is 7.13. The zero-order valence-electron chi connectivity index (χ0n) is 16.3. The van der Waals surface area contributed by atoms with E-state index < -0.39 is 17.7 Å². The third-order valence-electron chi connectivity index (χ3n) is 4.21. The van der Waals surface area contributed by atoms with E-state index in [1.165, 1.54) is 42.7 Å². The van der Waals surface area contributed by atoms with Crippen molar-refractivity contribution in [3.63, 3.8) is 0 Å². The SMILES string of the molecule is COC(=O)c1cc(CNC(=O)c2ccc(C)s2)cc(NC(=O)c2ccccc2F)c1. The van der Waals surface area contributed by atoms with Crippen LogP contribution in [0.1, 0.15) is 40.8 Å². The maximum Gasteiger partial charge on any atom is 0.337 e. The van der Waals surface area contributed by atoms with Gasteiger partial charge in [-0.05, 0) is 55.0 Å². The molecular weight excluding hydrogens is 407 g/mol. The Morgan fingerprint density at radius 2 is 1.80 bits per heavy atom. The molecule has 0 bridgehead atoms. The smallest absolute Gasteiger partial charge is 0.337 e. The Balaban J connectivity index is 1.81. The molecule has 0 fully saturated rings. The molecule has 2 amide bonds. The first-order valence-electron chi connectivity index (χ1n) is 9.00. The number of hydrogen-bond acceptors (Lipinski definition) is 5. The summed E-state index contributed by atoms with van der Waals surface area (Å²) in [5.41, 5.74) is 0.926. The Kier molecular flexibility index (Phi) is 6.58. The molecule has 0 saturated carbocycles. The van der Waals surface area contributed by atoms with Crippen LogP contribution in [0.3, 0.4) is 0 Å². The summed E-state index contributed by atoms with van der Waals surface area (Å²) in [6.07, 6.45) is 0. The van der Waals surface area contributed by atoms with Gasteiger partial charge in [0.15, 0.2) is 0 Å². The van der Waals surface area contributed by atoms with E-state index in [0.717, 1.165) is 4.88 Å². The number of methoxy groups -OCH3 is 1. The van der Waals surface area contributed by atoms with Crippen LogP contribution in [0.15, 0.2) is 54.6 Å². The Morgan fingerprint density at radius 1 is 1.03 bits per heavy atom. The minimum Gasteiger partial charge on any atom is -0.465 e. The van der Waals surface area contributed by atoms with Crippen molar-refractivity contribution in [2.75, 3.05) is 12.4 Å². The number of ether oxygens (including phenoxy) is 1. The summed E-state index contributed by atoms with van der Waals surface area (Å²) in [7, 11) is 1.24. The number of anilines is 1. The second kappa shape index (κ2) is 9.32. The molecule has 8 heteroatoms. The third kappa shape index (κ3) is 5.09. The largest absolute Gasteiger partial charge is 0.465 e. The fraction of sp³-hybridized carbons (Fsp3) is 0.136. The molecule has 1 heterocycles. The van der Waals surface area contributed by atoms with E-state index in [1.807, 2.05) is 13.0 Å². The zero-order valence-corrected chi connectivity index (χ0v) is 17.1. The Bertz CT molecular complexity index is 1110. The van der Waals surface area contributed by atoms with Gasteiger partial charge < -0.3 is 15.4 Å². The summed E-state index contributed by atoms with van der Waals surface area (Å²) >= 11 is 1.37. The molecule has 2 aromatic carbocycles. The minimum atomic E-state index is -0.655. The van der Waals surface area contributed by atoms with E-state index in [0.29, 0.717) is 10.4 Å². The molecule has 0 aliphatic carbocycles. The standard InChI is InChI=1S/C22H19FN2O4S/c1-13-7-8-19(30-13)21(27)24-12-14-9-15(22(28)29-2)11-16(10-14)25-20(26)17-5-3-4-6-18(17)23/h3-11H,12H2,1-2H3,(H,24,27)(H,25,26). The number of halogens is 1. The van der Waals surface area contributed by atoms with Gasteiger partial charge >= 0.3 is 5.97 Å². The second-order valence-electron chi connectivity index (χ2n) is 6.44. The molecule has 154 valence electrons. The highest BCUT2D eigenvalue weighted by Gasteiger charge is 2.15. The number of hydrogen-bond donors (Lipinski definition) is 2. The van der Waals surface area contributed by atoms with Gasteiger partial charge in [-0.15, -0.1) is 11.3 Å². The van der Waals surface area contributed by atoms with Gasteiger partial charge in [0, 0.05) is 17.1 Å². The van der Waals surface area contributed by atoms with E-state index in [-0.39, 0.29) is 29.3 Å². The van der Waals surface area contributed by atoms with E-state index in [2.05, 4.69) is 10.6 Å². The summed E-state index contributed by atoms with van der Waals surface area (Å²) in [5.74, 6) is -2.15. The summed E-state index contributed by atoms with van der Waals surface area (Å²) < 4.78 is 18.6. The molecule has 0 spiro atoms. The van der Waals surface area contributed by atoms with Gasteiger partial charge in [-0.1, -0.05) is 12.1 Å². The predicted octanol–water partition coefficient (Wildman–Crippen LogP) is 4.16. The molecule has 3 rings (SSSR count). The topological polar surface area (TPSA) is 84.5 Å². The number of amides is 2. The monoisotopic (exact) mass is 426 g/mol. The number of nitrogens with one attached hydrogen (secondary N) is 2. The highest BCUT2D eigenvalue weighted by Crippen LogP contribution is 2.19. The van der Waals surface area contributed by atoms with E-state index >= 15 is 0 Å². The van der Waals surface area contributed by atoms with Crippen LogP contribution in [-0.2, 0) is 11.3 Å². The maximum absolute atomic E-state index is 13.9. The molecule has 2 N–H and O–H groups in total. The van der Waals surface area contributed by atoms with Crippen molar-refractivity contribution in [1.82, 2.24) is 5.32 Å². The molecular formula is C22H19FN2O4S. The lowest BCUT2D eigenvalue weighted by molar-refractivity contribution is 0.0600. The number of aryl methyl sites for hydroxylation is 1. The fourth-order valence-corrected chi connectivity index (χ4v) is 3.56. The van der Waals surface area contributed by atoms with E-state index in [1.54, 1.807) is 24.3 Å². The van der Waals surface area contributed by atoms with Crippen molar-refractivity contribution in [2.24, 2.45) is 0 Å². The fourth-order valence-electron chi connectivity index (χ4n) is 2.77. The number of esters is 1. The average Bonchev–Trinajstić information content (AvgIpc) is 3.18. The molecule has 30 heavy (non-hydrogen) atoms. The summed E-state index contributed by atoms with van der Waals surface area (Å²) in [6, 6.07) is 13.8. The summed E-state index contributed by atoms with van der Waals surface area (Å²) in [5, 5.41) is 5.36. The first kappa shape index (κ1) is 21.2. The van der Waals surface area contributed by atoms with E-state index in [4.69, 9.17) is 4.74 Å². The quantitative estimate of drug-likeness (QED) is 0.580. The van der Waals surface area contributed by atoms with Gasteiger partial charge in [-0.2, -0.15) is 0 Å². The predicted molar refractivity (Wildman–Crippen MR) is 112 cm³/mol. The first-order valence-corrected chi connectivity index (χ1v) is 9.82.